The molecular formula is C17H21ClN2O. The van der Waals surface area contributed by atoms with Crippen LogP contribution in [0.4, 0.5) is 0 Å². The first kappa shape index (κ1) is 15.9. The molecule has 0 unspecified atom stereocenters. The molecule has 0 aliphatic heterocycles. The molecule has 1 aromatic rings. The minimum atomic E-state index is -0.0757. The smallest absolute Gasteiger partial charge is 0.251 e. The minimum absolute atomic E-state index is 0.0757. The number of nitrogens with one attached hydrogen (secondary N) is 1. The molecule has 3 N–H and O–H groups in total. The average Bonchev–Trinajstić information content (AvgIpc) is 2.99. The van der Waals surface area contributed by atoms with E-state index in [2.05, 4.69) is 17.2 Å². The van der Waals surface area contributed by atoms with E-state index in [0.717, 1.165) is 18.9 Å². The molecule has 1 amide bonds. The van der Waals surface area contributed by atoms with Crippen LogP contribution < -0.4 is 11.1 Å². The Balaban J connectivity index is 1.88. The zero-order chi connectivity index (χ0) is 15.1. The van der Waals surface area contributed by atoms with E-state index in [-0.39, 0.29) is 5.91 Å². The van der Waals surface area contributed by atoms with Gasteiger partial charge in [0.2, 0.25) is 0 Å². The van der Waals surface area contributed by atoms with Crippen molar-refractivity contribution in [2.24, 2.45) is 11.7 Å². The summed E-state index contributed by atoms with van der Waals surface area (Å²) in [6, 6.07) is 5.17. The van der Waals surface area contributed by atoms with E-state index >= 15 is 0 Å². The third-order valence-corrected chi connectivity index (χ3v) is 4.18. The predicted octanol–water partition coefficient (Wildman–Crippen LogP) is 2.96. The summed E-state index contributed by atoms with van der Waals surface area (Å²) in [6.45, 7) is 1.02. The highest BCUT2D eigenvalue weighted by Crippen LogP contribution is 2.27. The molecule has 0 saturated heterocycles. The molecule has 4 heteroatoms. The summed E-state index contributed by atoms with van der Waals surface area (Å²) in [5.41, 5.74) is 6.60. The van der Waals surface area contributed by atoms with Gasteiger partial charge in [0.25, 0.3) is 5.91 Å². The predicted molar refractivity (Wildman–Crippen MR) is 86.3 cm³/mol. The van der Waals surface area contributed by atoms with E-state index in [1.54, 1.807) is 18.2 Å². The van der Waals surface area contributed by atoms with Crippen LogP contribution in [-0.4, -0.2) is 19.0 Å². The summed E-state index contributed by atoms with van der Waals surface area (Å²) < 4.78 is 0. The monoisotopic (exact) mass is 304 g/mol. The zero-order valence-electron chi connectivity index (χ0n) is 12.1. The van der Waals surface area contributed by atoms with Gasteiger partial charge < -0.3 is 11.1 Å². The second-order valence-corrected chi connectivity index (χ2v) is 5.80. The highest BCUT2D eigenvalue weighted by atomic mass is 35.5. The normalized spacial score (nSPS) is 14.6. The Hall–Kier alpha value is -1.50. The van der Waals surface area contributed by atoms with E-state index < -0.39 is 0 Å². The third-order valence-electron chi connectivity index (χ3n) is 3.87. The number of nitrogens with two attached hydrogens (primary N) is 1. The fourth-order valence-electron chi connectivity index (χ4n) is 2.69. The van der Waals surface area contributed by atoms with Gasteiger partial charge in [0.15, 0.2) is 0 Å². The number of halogens is 1. The van der Waals surface area contributed by atoms with Gasteiger partial charge in [-0.15, -0.1) is 0 Å². The Morgan fingerprint density at radius 2 is 2.14 bits per heavy atom. The van der Waals surface area contributed by atoms with Crippen LogP contribution in [0, 0.1) is 17.8 Å². The van der Waals surface area contributed by atoms with Gasteiger partial charge in [0.1, 0.15) is 0 Å². The van der Waals surface area contributed by atoms with Crippen LogP contribution in [0.5, 0.6) is 0 Å². The van der Waals surface area contributed by atoms with E-state index in [9.17, 15) is 4.79 Å². The van der Waals surface area contributed by atoms with Gasteiger partial charge in [-0.3, -0.25) is 4.79 Å². The van der Waals surface area contributed by atoms with Gasteiger partial charge in [-0.2, -0.15) is 0 Å². The summed E-state index contributed by atoms with van der Waals surface area (Å²) in [7, 11) is 0. The number of hydrogen-bond donors (Lipinski definition) is 2. The molecule has 1 fully saturated rings. The average molecular weight is 305 g/mol. The van der Waals surface area contributed by atoms with Crippen molar-refractivity contribution in [3.05, 3.63) is 34.3 Å². The summed E-state index contributed by atoms with van der Waals surface area (Å²) >= 11 is 6.12. The van der Waals surface area contributed by atoms with Crippen LogP contribution >= 0.6 is 11.6 Å². The van der Waals surface area contributed by atoms with Crippen molar-refractivity contribution in [1.29, 1.82) is 0 Å². The highest BCUT2D eigenvalue weighted by molar-refractivity contribution is 6.32. The maximum absolute atomic E-state index is 12.1. The van der Waals surface area contributed by atoms with Crippen molar-refractivity contribution in [3.63, 3.8) is 0 Å². The molecule has 0 atom stereocenters. The first-order valence-corrected chi connectivity index (χ1v) is 7.85. The second kappa shape index (κ2) is 8.07. The summed E-state index contributed by atoms with van der Waals surface area (Å²) in [5.74, 6) is 6.34. The van der Waals surface area contributed by atoms with Crippen molar-refractivity contribution in [3.8, 4) is 11.8 Å². The maximum atomic E-state index is 12.1. The maximum Gasteiger partial charge on any atom is 0.251 e. The van der Waals surface area contributed by atoms with Crippen molar-refractivity contribution < 1.29 is 4.79 Å². The first-order chi connectivity index (χ1) is 10.2. The molecule has 0 spiro atoms. The molecule has 0 aromatic heterocycles. The van der Waals surface area contributed by atoms with Crippen molar-refractivity contribution in [2.45, 2.75) is 32.1 Å². The van der Waals surface area contributed by atoms with Crippen LogP contribution in [-0.2, 0) is 0 Å². The van der Waals surface area contributed by atoms with Crippen molar-refractivity contribution >= 4 is 17.5 Å². The van der Waals surface area contributed by atoms with Crippen LogP contribution in [0.3, 0.4) is 0 Å². The molecule has 0 radical (unpaired) electrons. The number of carbonyl (C=O) groups is 1. The van der Waals surface area contributed by atoms with Gasteiger partial charge in [0, 0.05) is 17.7 Å². The fourth-order valence-corrected chi connectivity index (χ4v) is 2.92. The van der Waals surface area contributed by atoms with E-state index in [1.807, 2.05) is 0 Å². The van der Waals surface area contributed by atoms with Crippen LogP contribution in [0.2, 0.25) is 5.02 Å². The lowest BCUT2D eigenvalue weighted by molar-refractivity contribution is 0.0951. The largest absolute Gasteiger partial charge is 0.352 e. The van der Waals surface area contributed by atoms with Gasteiger partial charge in [-0.1, -0.05) is 49.1 Å². The molecule has 0 bridgehead atoms. The van der Waals surface area contributed by atoms with Gasteiger partial charge in [-0.25, -0.2) is 0 Å². The minimum Gasteiger partial charge on any atom is -0.352 e. The molecule has 1 aliphatic rings. The molecule has 1 saturated carbocycles. The lowest BCUT2D eigenvalue weighted by Gasteiger charge is -2.10. The van der Waals surface area contributed by atoms with Gasteiger partial charge >= 0.3 is 0 Å². The van der Waals surface area contributed by atoms with E-state index in [4.69, 9.17) is 17.3 Å². The molecule has 2 rings (SSSR count). The van der Waals surface area contributed by atoms with Crippen LogP contribution in [0.1, 0.15) is 48.0 Å². The highest BCUT2D eigenvalue weighted by Gasteiger charge is 2.15. The number of rotatable bonds is 4. The molecule has 112 valence electrons. The number of carbonyl (C=O) groups excluding carboxylic acids is 1. The van der Waals surface area contributed by atoms with E-state index in [0.29, 0.717) is 22.7 Å². The number of hydrogen-bond acceptors (Lipinski definition) is 2. The first-order valence-electron chi connectivity index (χ1n) is 7.47. The zero-order valence-corrected chi connectivity index (χ0v) is 12.9. The second-order valence-electron chi connectivity index (χ2n) is 5.40. The molecule has 1 aliphatic carbocycles. The Morgan fingerprint density at radius 1 is 1.38 bits per heavy atom. The Kier molecular flexibility index (Phi) is 6.10. The Morgan fingerprint density at radius 3 is 2.81 bits per heavy atom. The van der Waals surface area contributed by atoms with Crippen molar-refractivity contribution in [2.75, 3.05) is 13.1 Å². The SMILES string of the molecule is NCC#Cc1ccc(C(=O)NCCC2CCCC2)cc1Cl. The molecule has 3 nitrogen and oxygen atoms in total. The van der Waals surface area contributed by atoms with Gasteiger partial charge in [0.05, 0.1) is 11.6 Å². The lowest BCUT2D eigenvalue weighted by atomic mass is 10.0. The van der Waals surface area contributed by atoms with Gasteiger partial charge in [-0.05, 0) is 30.5 Å². The standard InChI is InChI=1S/C17H21ClN2O/c18-16-12-15(8-7-14(16)6-3-10-19)17(21)20-11-9-13-4-1-2-5-13/h7-8,12-13H,1-2,4-5,9-11,19H2,(H,20,21). The number of benzene rings is 1. The topological polar surface area (TPSA) is 55.1 Å². The summed E-state index contributed by atoms with van der Waals surface area (Å²) in [5, 5.41) is 3.45. The molecule has 1 aromatic carbocycles. The quantitative estimate of drug-likeness (QED) is 0.840. The number of amides is 1. The molecule has 21 heavy (non-hydrogen) atoms. The lowest BCUT2D eigenvalue weighted by Crippen LogP contribution is -2.25. The Bertz CT molecular complexity index is 554. The van der Waals surface area contributed by atoms with E-state index in [1.165, 1.54) is 25.7 Å². The van der Waals surface area contributed by atoms with Crippen LogP contribution in [0.15, 0.2) is 18.2 Å². The third kappa shape index (κ3) is 4.77. The van der Waals surface area contributed by atoms with Crippen LogP contribution in [0.25, 0.3) is 0 Å². The molecular weight excluding hydrogens is 284 g/mol. The summed E-state index contributed by atoms with van der Waals surface area (Å²) in [6.07, 6.45) is 6.34. The molecule has 0 heterocycles. The fraction of sp³-hybridized carbons (Fsp3) is 0.471. The Labute approximate surface area is 131 Å². The summed E-state index contributed by atoms with van der Waals surface area (Å²) in [4.78, 5) is 12.1. The van der Waals surface area contributed by atoms with Crippen molar-refractivity contribution in [1.82, 2.24) is 5.32 Å².